The van der Waals surface area contributed by atoms with Crippen LogP contribution in [0.5, 0.6) is 0 Å². The number of aryl methyl sites for hydroxylation is 1. The van der Waals surface area contributed by atoms with E-state index in [1.807, 2.05) is 44.2 Å². The molecule has 2 aromatic rings. The molecule has 5 nitrogen and oxygen atoms in total. The van der Waals surface area contributed by atoms with E-state index in [4.69, 9.17) is 5.73 Å². The fourth-order valence-corrected chi connectivity index (χ4v) is 2.35. The summed E-state index contributed by atoms with van der Waals surface area (Å²) in [7, 11) is 0. The number of rotatable bonds is 6. The number of carbonyl (C=O) groups is 2. The van der Waals surface area contributed by atoms with Crippen LogP contribution < -0.4 is 16.4 Å². The smallest absolute Gasteiger partial charge is 0.248 e. The van der Waals surface area contributed by atoms with E-state index in [1.165, 1.54) is 0 Å². The molecular formula is C18H21N3O2. The summed E-state index contributed by atoms with van der Waals surface area (Å²) in [5, 5.41) is 5.98. The first-order valence-corrected chi connectivity index (χ1v) is 7.46. The summed E-state index contributed by atoms with van der Waals surface area (Å²) in [6, 6.07) is 14.9. The maximum atomic E-state index is 12.0. The largest absolute Gasteiger partial charge is 0.376 e. The molecule has 0 saturated carbocycles. The van der Waals surface area contributed by atoms with Crippen LogP contribution in [-0.4, -0.2) is 18.4 Å². The molecular weight excluding hydrogens is 290 g/mol. The van der Waals surface area contributed by atoms with E-state index in [-0.39, 0.29) is 18.5 Å². The van der Waals surface area contributed by atoms with Crippen molar-refractivity contribution in [3.05, 3.63) is 65.2 Å². The molecule has 0 aliphatic heterocycles. The second-order valence-electron chi connectivity index (χ2n) is 5.45. The van der Waals surface area contributed by atoms with Crippen molar-refractivity contribution in [2.45, 2.75) is 19.9 Å². The zero-order chi connectivity index (χ0) is 16.8. The van der Waals surface area contributed by atoms with Gasteiger partial charge in [-0.05, 0) is 43.2 Å². The van der Waals surface area contributed by atoms with Gasteiger partial charge in [0.15, 0.2) is 0 Å². The summed E-state index contributed by atoms with van der Waals surface area (Å²) < 4.78 is 0. The first kappa shape index (κ1) is 16.5. The third kappa shape index (κ3) is 4.57. The highest BCUT2D eigenvalue weighted by Gasteiger charge is 2.10. The van der Waals surface area contributed by atoms with Crippen LogP contribution in [0.3, 0.4) is 0 Å². The highest BCUT2D eigenvalue weighted by atomic mass is 16.2. The number of carbonyl (C=O) groups excluding carboxylic acids is 2. The fourth-order valence-electron chi connectivity index (χ4n) is 2.35. The lowest BCUT2D eigenvalue weighted by Gasteiger charge is -2.15. The Hall–Kier alpha value is -2.82. The molecule has 2 rings (SSSR count). The summed E-state index contributed by atoms with van der Waals surface area (Å²) in [4.78, 5) is 23.2. The number of anilines is 1. The van der Waals surface area contributed by atoms with Crippen molar-refractivity contribution >= 4 is 17.5 Å². The SMILES string of the molecule is Cc1cc(NCC(=O)N[C@H](C)c2ccccc2)ccc1C(N)=O. The molecule has 0 heterocycles. The van der Waals surface area contributed by atoms with E-state index in [2.05, 4.69) is 10.6 Å². The summed E-state index contributed by atoms with van der Waals surface area (Å²) in [5.74, 6) is -0.554. The summed E-state index contributed by atoms with van der Waals surface area (Å²) >= 11 is 0. The lowest BCUT2D eigenvalue weighted by atomic mass is 10.1. The topological polar surface area (TPSA) is 84.2 Å². The predicted molar refractivity (Wildman–Crippen MR) is 91.2 cm³/mol. The van der Waals surface area contributed by atoms with Crippen molar-refractivity contribution < 1.29 is 9.59 Å². The molecule has 2 amide bonds. The van der Waals surface area contributed by atoms with Gasteiger partial charge >= 0.3 is 0 Å². The molecule has 2 aromatic carbocycles. The maximum Gasteiger partial charge on any atom is 0.248 e. The van der Waals surface area contributed by atoms with Crippen molar-refractivity contribution in [3.63, 3.8) is 0 Å². The van der Waals surface area contributed by atoms with Crippen LogP contribution >= 0.6 is 0 Å². The van der Waals surface area contributed by atoms with Gasteiger partial charge in [-0.15, -0.1) is 0 Å². The molecule has 4 N–H and O–H groups in total. The van der Waals surface area contributed by atoms with Crippen molar-refractivity contribution in [2.24, 2.45) is 5.73 Å². The number of primary amides is 1. The molecule has 0 bridgehead atoms. The van der Waals surface area contributed by atoms with Crippen LogP contribution in [0.4, 0.5) is 5.69 Å². The van der Waals surface area contributed by atoms with Gasteiger partial charge in [-0.3, -0.25) is 9.59 Å². The number of nitrogens with two attached hydrogens (primary N) is 1. The zero-order valence-corrected chi connectivity index (χ0v) is 13.3. The average molecular weight is 311 g/mol. The van der Waals surface area contributed by atoms with Gasteiger partial charge in [0.05, 0.1) is 12.6 Å². The number of nitrogens with one attached hydrogen (secondary N) is 2. The van der Waals surface area contributed by atoms with E-state index in [1.54, 1.807) is 18.2 Å². The number of benzene rings is 2. The van der Waals surface area contributed by atoms with E-state index in [0.29, 0.717) is 5.56 Å². The minimum atomic E-state index is -0.455. The van der Waals surface area contributed by atoms with E-state index < -0.39 is 5.91 Å². The molecule has 1 atom stereocenters. The number of hydrogen-bond donors (Lipinski definition) is 3. The Bertz CT molecular complexity index is 699. The van der Waals surface area contributed by atoms with Gasteiger partial charge in [0.25, 0.3) is 0 Å². The minimum Gasteiger partial charge on any atom is -0.376 e. The molecule has 0 saturated heterocycles. The van der Waals surface area contributed by atoms with E-state index in [0.717, 1.165) is 16.8 Å². The average Bonchev–Trinajstić information content (AvgIpc) is 2.53. The quantitative estimate of drug-likeness (QED) is 0.766. The van der Waals surface area contributed by atoms with Gasteiger partial charge in [0.2, 0.25) is 11.8 Å². The Balaban J connectivity index is 1.89. The summed E-state index contributed by atoms with van der Waals surface area (Å²) in [6.45, 7) is 3.91. The van der Waals surface area contributed by atoms with Gasteiger partial charge in [-0.2, -0.15) is 0 Å². The molecule has 23 heavy (non-hydrogen) atoms. The lowest BCUT2D eigenvalue weighted by molar-refractivity contribution is -0.120. The van der Waals surface area contributed by atoms with E-state index in [9.17, 15) is 9.59 Å². The first-order chi connectivity index (χ1) is 11.0. The van der Waals surface area contributed by atoms with Gasteiger partial charge in [-0.1, -0.05) is 30.3 Å². The molecule has 120 valence electrons. The summed E-state index contributed by atoms with van der Waals surface area (Å²) in [6.07, 6.45) is 0. The van der Waals surface area contributed by atoms with Crippen LogP contribution in [0.15, 0.2) is 48.5 Å². The molecule has 0 spiro atoms. The third-order valence-electron chi connectivity index (χ3n) is 3.62. The van der Waals surface area contributed by atoms with Gasteiger partial charge in [0, 0.05) is 11.3 Å². The van der Waals surface area contributed by atoms with Crippen LogP contribution in [0.1, 0.15) is 34.5 Å². The Morgan fingerprint density at radius 1 is 1.13 bits per heavy atom. The monoisotopic (exact) mass is 311 g/mol. The van der Waals surface area contributed by atoms with Gasteiger partial charge < -0.3 is 16.4 Å². The Labute approximate surface area is 135 Å². The molecule has 5 heteroatoms. The molecule has 0 aromatic heterocycles. The van der Waals surface area contributed by atoms with Gasteiger partial charge in [-0.25, -0.2) is 0 Å². The first-order valence-electron chi connectivity index (χ1n) is 7.46. The second-order valence-corrected chi connectivity index (χ2v) is 5.45. The van der Waals surface area contributed by atoms with E-state index >= 15 is 0 Å². The molecule has 0 aliphatic carbocycles. The Morgan fingerprint density at radius 3 is 2.43 bits per heavy atom. The Kier molecular flexibility index (Phi) is 5.36. The zero-order valence-electron chi connectivity index (χ0n) is 13.3. The van der Waals surface area contributed by atoms with Crippen molar-refractivity contribution in [1.29, 1.82) is 0 Å². The Morgan fingerprint density at radius 2 is 1.83 bits per heavy atom. The molecule has 0 fully saturated rings. The predicted octanol–water partition coefficient (Wildman–Crippen LogP) is 2.38. The molecule has 0 unspecified atom stereocenters. The minimum absolute atomic E-state index is 0.0514. The van der Waals surface area contributed by atoms with Gasteiger partial charge in [0.1, 0.15) is 0 Å². The molecule has 0 aliphatic rings. The number of hydrogen-bond acceptors (Lipinski definition) is 3. The van der Waals surface area contributed by atoms with Crippen LogP contribution in [-0.2, 0) is 4.79 Å². The van der Waals surface area contributed by atoms with Crippen molar-refractivity contribution in [1.82, 2.24) is 5.32 Å². The normalized spacial score (nSPS) is 11.6. The highest BCUT2D eigenvalue weighted by molar-refractivity contribution is 5.94. The molecule has 0 radical (unpaired) electrons. The highest BCUT2D eigenvalue weighted by Crippen LogP contribution is 2.15. The fraction of sp³-hybridized carbons (Fsp3) is 0.222. The van der Waals surface area contributed by atoms with Crippen LogP contribution in [0.25, 0.3) is 0 Å². The summed E-state index contributed by atoms with van der Waals surface area (Å²) in [5.41, 5.74) is 8.37. The number of amides is 2. The third-order valence-corrected chi connectivity index (χ3v) is 3.62. The van der Waals surface area contributed by atoms with Crippen molar-refractivity contribution in [3.8, 4) is 0 Å². The van der Waals surface area contributed by atoms with Crippen LogP contribution in [0, 0.1) is 6.92 Å². The maximum absolute atomic E-state index is 12.0. The van der Waals surface area contributed by atoms with Crippen molar-refractivity contribution in [2.75, 3.05) is 11.9 Å². The standard InChI is InChI=1S/C18H21N3O2/c1-12-10-15(8-9-16(12)18(19)23)20-11-17(22)21-13(2)14-6-4-3-5-7-14/h3-10,13,20H,11H2,1-2H3,(H2,19,23)(H,21,22)/t13-/m1/s1. The van der Waals surface area contributed by atoms with Crippen LogP contribution in [0.2, 0.25) is 0 Å². The second kappa shape index (κ2) is 7.45. The lowest BCUT2D eigenvalue weighted by Crippen LogP contribution is -2.32.